The molecule has 0 amide bonds. The Kier molecular flexibility index (Phi) is 8.92. The number of rotatable bonds is 8. The Bertz CT molecular complexity index is 3390. The number of hydrogen-bond donors (Lipinski definition) is 0. The summed E-state index contributed by atoms with van der Waals surface area (Å²) in [6.07, 6.45) is 0. The fourth-order valence-electron chi connectivity index (χ4n) is 10.2. The summed E-state index contributed by atoms with van der Waals surface area (Å²) in [7, 11) is -3.04. The van der Waals surface area contributed by atoms with Crippen molar-refractivity contribution in [2.24, 2.45) is 0 Å². The van der Waals surface area contributed by atoms with Gasteiger partial charge >= 0.3 is 0 Å². The van der Waals surface area contributed by atoms with Gasteiger partial charge in [-0.15, -0.1) is 11.3 Å². The van der Waals surface area contributed by atoms with E-state index in [1.54, 1.807) is 23.5 Å². The van der Waals surface area contributed by atoms with E-state index in [-0.39, 0.29) is 5.82 Å². The number of fused-ring (bicyclic) bond motifs is 8. The molecule has 0 radical (unpaired) electrons. The molecule has 11 aromatic rings. The van der Waals surface area contributed by atoms with Crippen molar-refractivity contribution in [2.45, 2.75) is 0 Å². The Morgan fingerprint density at radius 3 is 1.51 bits per heavy atom. The van der Waals surface area contributed by atoms with Crippen LogP contribution in [0.25, 0.3) is 42.1 Å². The lowest BCUT2D eigenvalue weighted by Crippen LogP contribution is -2.73. The van der Waals surface area contributed by atoms with Crippen molar-refractivity contribution < 1.29 is 4.39 Å². The van der Waals surface area contributed by atoms with Gasteiger partial charge in [0.15, 0.2) is 8.07 Å². The van der Waals surface area contributed by atoms with E-state index >= 15 is 4.39 Å². The van der Waals surface area contributed by atoms with Gasteiger partial charge in [0.1, 0.15) is 5.82 Å². The van der Waals surface area contributed by atoms with Gasteiger partial charge in [0.2, 0.25) is 0 Å². The molecule has 5 heteroatoms. The molecule has 0 unspecified atom stereocenters. The fraction of sp³-hybridized carbons (Fsp3) is 0. The summed E-state index contributed by atoms with van der Waals surface area (Å²) >= 11 is 1.64. The zero-order valence-electron chi connectivity index (χ0n) is 34.2. The third-order valence-electron chi connectivity index (χ3n) is 12.7. The molecule has 10 aromatic carbocycles. The van der Waals surface area contributed by atoms with Crippen LogP contribution in [-0.4, -0.2) is 8.07 Å². The zero-order chi connectivity index (χ0) is 41.9. The molecule has 0 atom stereocenters. The Balaban J connectivity index is 1.17. The van der Waals surface area contributed by atoms with Crippen molar-refractivity contribution in [1.82, 2.24) is 0 Å². The lowest BCUT2D eigenvalue weighted by molar-refractivity contribution is 0.641. The highest BCUT2D eigenvalue weighted by molar-refractivity contribution is 7.26. The molecule has 2 nitrogen and oxygen atoms in total. The summed E-state index contributed by atoms with van der Waals surface area (Å²) in [5, 5.41) is 9.55. The van der Waals surface area contributed by atoms with Gasteiger partial charge in [-0.1, -0.05) is 158 Å². The van der Waals surface area contributed by atoms with Crippen LogP contribution in [0.4, 0.5) is 38.5 Å². The minimum atomic E-state index is -3.04. The van der Waals surface area contributed by atoms with Crippen molar-refractivity contribution in [3.05, 3.63) is 242 Å². The topological polar surface area (TPSA) is 6.48 Å². The highest BCUT2D eigenvalue weighted by Gasteiger charge is 2.50. The average Bonchev–Trinajstić information content (AvgIpc) is 3.87. The van der Waals surface area contributed by atoms with E-state index < -0.39 is 8.07 Å². The first-order chi connectivity index (χ1) is 31.2. The highest BCUT2D eigenvalue weighted by atomic mass is 32.1. The number of halogens is 1. The van der Waals surface area contributed by atoms with Crippen LogP contribution in [-0.2, 0) is 0 Å². The number of para-hydroxylation sites is 3. The number of benzene rings is 10. The number of hydrogen-bond acceptors (Lipinski definition) is 3. The number of anilines is 6. The molecule has 1 aliphatic heterocycles. The molecule has 0 N–H and O–H groups in total. The summed E-state index contributed by atoms with van der Waals surface area (Å²) in [5.74, 6) is -0.181. The predicted octanol–water partition coefficient (Wildman–Crippen LogP) is 13.6. The molecule has 0 aliphatic carbocycles. The number of nitrogens with zero attached hydrogens (tertiary/aromatic N) is 2. The van der Waals surface area contributed by atoms with Crippen LogP contribution in [0, 0.1) is 5.82 Å². The van der Waals surface area contributed by atoms with E-state index in [1.165, 1.54) is 42.6 Å². The summed E-state index contributed by atoms with van der Waals surface area (Å²) in [6.45, 7) is 0. The van der Waals surface area contributed by atoms with Crippen molar-refractivity contribution in [2.75, 3.05) is 9.80 Å². The van der Waals surface area contributed by atoms with E-state index in [0.29, 0.717) is 5.39 Å². The smallest absolute Gasteiger partial charge is 0.181 e. The minimum Gasteiger partial charge on any atom is -0.310 e. The Hall–Kier alpha value is -7.57. The standard InChI is InChI=1S/C58H39FN2SSi/c59-52-31-18-32-54-57(52)50-36-34-43(37-55(50)62-54)60(40-19-6-1-7-20-40)44-33-35-48-51-39-53(61(41-21-8-2-9-22-41)42-23-10-3-11-24-42)47-29-16-17-30-49(47)58(51)63(56(48)38-44,45-25-12-4-13-26-45)46-27-14-5-15-28-46/h1-39H. The van der Waals surface area contributed by atoms with Gasteiger partial charge in [-0.05, 0) is 116 Å². The van der Waals surface area contributed by atoms with Crippen molar-refractivity contribution in [3.63, 3.8) is 0 Å². The van der Waals surface area contributed by atoms with Crippen molar-refractivity contribution in [1.29, 1.82) is 0 Å². The van der Waals surface area contributed by atoms with Gasteiger partial charge in [-0.3, -0.25) is 0 Å². The SMILES string of the molecule is Fc1cccc2sc3cc(N(c4ccccc4)c4ccc5c(c4)[Si](c4ccccc4)(c4ccccc4)c4c-5cc(N(c5ccccc5)c5ccccc5)c5ccccc45)ccc3c12. The molecular formula is C58H39FN2SSi. The molecule has 0 bridgehead atoms. The molecule has 12 rings (SSSR count). The van der Waals surface area contributed by atoms with E-state index in [2.05, 4.69) is 228 Å². The first-order valence-corrected chi connectivity index (χ1v) is 24.2. The van der Waals surface area contributed by atoms with Gasteiger partial charge in [0.25, 0.3) is 0 Å². The van der Waals surface area contributed by atoms with Crippen LogP contribution in [0.3, 0.4) is 0 Å². The normalized spacial score (nSPS) is 12.7. The second kappa shape index (κ2) is 15.1. The van der Waals surface area contributed by atoms with Crippen LogP contribution in [0.15, 0.2) is 237 Å². The predicted molar refractivity (Wildman–Crippen MR) is 269 cm³/mol. The Labute approximate surface area is 371 Å². The highest BCUT2D eigenvalue weighted by Crippen LogP contribution is 2.46. The molecule has 0 saturated heterocycles. The molecule has 0 fully saturated rings. The van der Waals surface area contributed by atoms with Gasteiger partial charge in [-0.25, -0.2) is 4.39 Å². The van der Waals surface area contributed by atoms with Gasteiger partial charge in [0.05, 0.1) is 5.69 Å². The van der Waals surface area contributed by atoms with Crippen LogP contribution < -0.4 is 30.5 Å². The third kappa shape index (κ3) is 5.89. The van der Waals surface area contributed by atoms with Crippen LogP contribution in [0.1, 0.15) is 0 Å². The fourth-order valence-corrected chi connectivity index (χ4v) is 16.7. The van der Waals surface area contributed by atoms with Crippen LogP contribution in [0.2, 0.25) is 0 Å². The quantitative estimate of drug-likeness (QED) is 0.141. The first-order valence-electron chi connectivity index (χ1n) is 21.4. The maximum atomic E-state index is 15.3. The minimum absolute atomic E-state index is 0.181. The maximum Gasteiger partial charge on any atom is 0.181 e. The second-order valence-electron chi connectivity index (χ2n) is 16.1. The van der Waals surface area contributed by atoms with E-state index in [1.807, 2.05) is 6.07 Å². The number of thiophene rings is 1. The van der Waals surface area contributed by atoms with Crippen LogP contribution >= 0.6 is 11.3 Å². The molecule has 0 spiro atoms. The van der Waals surface area contributed by atoms with Gasteiger partial charge < -0.3 is 9.80 Å². The van der Waals surface area contributed by atoms with Gasteiger partial charge in [-0.2, -0.15) is 0 Å². The van der Waals surface area contributed by atoms with Gasteiger partial charge in [0, 0.05) is 54.0 Å². The van der Waals surface area contributed by atoms with E-state index in [0.717, 1.165) is 48.9 Å². The molecule has 2 heterocycles. The summed E-state index contributed by atoms with van der Waals surface area (Å²) in [6, 6.07) is 85.1. The Morgan fingerprint density at radius 2 is 0.889 bits per heavy atom. The molecule has 298 valence electrons. The average molecular weight is 843 g/mol. The van der Waals surface area contributed by atoms with E-state index in [9.17, 15) is 0 Å². The van der Waals surface area contributed by atoms with Crippen molar-refractivity contribution in [3.8, 4) is 11.1 Å². The second-order valence-corrected chi connectivity index (χ2v) is 20.9. The zero-order valence-corrected chi connectivity index (χ0v) is 36.0. The molecule has 0 saturated carbocycles. The first kappa shape index (κ1) is 37.2. The Morgan fingerprint density at radius 1 is 0.365 bits per heavy atom. The van der Waals surface area contributed by atoms with E-state index in [4.69, 9.17) is 0 Å². The third-order valence-corrected chi connectivity index (χ3v) is 18.8. The molecular weight excluding hydrogens is 804 g/mol. The van der Waals surface area contributed by atoms with Crippen LogP contribution in [0.5, 0.6) is 0 Å². The lowest BCUT2D eigenvalue weighted by Gasteiger charge is -2.34. The lowest BCUT2D eigenvalue weighted by atomic mass is 9.98. The summed E-state index contributed by atoms with van der Waals surface area (Å²) < 4.78 is 17.3. The molecule has 1 aromatic heterocycles. The van der Waals surface area contributed by atoms with Crippen molar-refractivity contribution >= 4 is 105 Å². The monoisotopic (exact) mass is 842 g/mol. The summed E-state index contributed by atoms with van der Waals surface area (Å²) in [5.41, 5.74) is 9.02. The maximum absolute atomic E-state index is 15.3. The molecule has 63 heavy (non-hydrogen) atoms. The largest absolute Gasteiger partial charge is 0.310 e. The molecule has 1 aliphatic rings. The summed E-state index contributed by atoms with van der Waals surface area (Å²) in [4.78, 5) is 4.78.